The number of aliphatic hydroxyl groups excluding tert-OH is 1. The van der Waals surface area contributed by atoms with Gasteiger partial charge in [0.05, 0.1) is 23.5 Å². The van der Waals surface area contributed by atoms with Gasteiger partial charge in [-0.1, -0.05) is 0 Å². The topological polar surface area (TPSA) is 82.2 Å². The molecule has 132 valence electrons. The fraction of sp³-hybridized carbons (Fsp3) is 0.444. The lowest BCUT2D eigenvalue weighted by atomic mass is 10.0. The predicted molar refractivity (Wildman–Crippen MR) is 90.1 cm³/mol. The number of aryl methyl sites for hydroxylation is 1. The molecule has 0 aromatic carbocycles. The SMILES string of the molecule is Cc1c(N2CCC(O)C2)c(F)cn2c(=O)c(C(=O)O)cc(C3CC3)c12. The van der Waals surface area contributed by atoms with Crippen molar-refractivity contribution in [2.45, 2.75) is 38.2 Å². The molecule has 0 radical (unpaired) electrons. The molecule has 1 atom stereocenters. The van der Waals surface area contributed by atoms with Crippen molar-refractivity contribution < 1.29 is 19.4 Å². The molecule has 3 heterocycles. The minimum absolute atomic E-state index is 0.204. The first-order valence-electron chi connectivity index (χ1n) is 8.43. The maximum atomic E-state index is 14.8. The number of pyridine rings is 2. The number of hydrogen-bond donors (Lipinski definition) is 2. The average Bonchev–Trinajstić information content (AvgIpc) is 3.30. The van der Waals surface area contributed by atoms with Crippen LogP contribution in [0.25, 0.3) is 5.52 Å². The zero-order chi connectivity index (χ0) is 17.9. The summed E-state index contributed by atoms with van der Waals surface area (Å²) in [4.78, 5) is 25.7. The Labute approximate surface area is 143 Å². The summed E-state index contributed by atoms with van der Waals surface area (Å²) in [5.41, 5.74) is 1.33. The second-order valence-electron chi connectivity index (χ2n) is 6.96. The highest BCUT2D eigenvalue weighted by atomic mass is 19.1. The molecule has 6 nitrogen and oxygen atoms in total. The molecule has 2 aromatic heterocycles. The number of β-amino-alcohol motifs (C(OH)–C–C–N with tert-alkyl or cyclic N) is 1. The second-order valence-corrected chi connectivity index (χ2v) is 6.96. The van der Waals surface area contributed by atoms with Crippen LogP contribution in [0.3, 0.4) is 0 Å². The molecule has 1 saturated heterocycles. The van der Waals surface area contributed by atoms with Gasteiger partial charge in [0, 0.05) is 13.1 Å². The largest absolute Gasteiger partial charge is 0.477 e. The Kier molecular flexibility index (Phi) is 3.57. The van der Waals surface area contributed by atoms with E-state index in [1.165, 1.54) is 6.07 Å². The molecule has 0 bridgehead atoms. The van der Waals surface area contributed by atoms with Crippen LogP contribution in [0.5, 0.6) is 0 Å². The van der Waals surface area contributed by atoms with Crippen LogP contribution in [0.15, 0.2) is 17.1 Å². The van der Waals surface area contributed by atoms with Crippen molar-refractivity contribution in [1.82, 2.24) is 4.40 Å². The van der Waals surface area contributed by atoms with Crippen LogP contribution >= 0.6 is 0 Å². The molecule has 1 aliphatic heterocycles. The van der Waals surface area contributed by atoms with Crippen LogP contribution in [0, 0.1) is 12.7 Å². The van der Waals surface area contributed by atoms with E-state index in [1.54, 1.807) is 11.8 Å². The van der Waals surface area contributed by atoms with E-state index in [4.69, 9.17) is 0 Å². The molecule has 2 aliphatic rings. The van der Waals surface area contributed by atoms with Crippen molar-refractivity contribution in [3.8, 4) is 0 Å². The van der Waals surface area contributed by atoms with E-state index in [0.717, 1.165) is 29.0 Å². The molecule has 0 amide bonds. The third-order valence-electron chi connectivity index (χ3n) is 5.17. The number of aliphatic hydroxyl groups is 1. The Hall–Kier alpha value is -2.41. The van der Waals surface area contributed by atoms with Gasteiger partial charge in [0.15, 0.2) is 5.82 Å². The number of carboxylic acid groups (broad SMARTS) is 1. The van der Waals surface area contributed by atoms with Crippen molar-refractivity contribution in [3.05, 3.63) is 45.1 Å². The monoisotopic (exact) mass is 346 g/mol. The Bertz CT molecular complexity index is 948. The van der Waals surface area contributed by atoms with Gasteiger partial charge in [-0.15, -0.1) is 0 Å². The van der Waals surface area contributed by atoms with E-state index in [0.29, 0.717) is 36.3 Å². The van der Waals surface area contributed by atoms with Gasteiger partial charge in [-0.2, -0.15) is 0 Å². The highest BCUT2D eigenvalue weighted by Crippen LogP contribution is 2.44. The number of carboxylic acids is 1. The summed E-state index contributed by atoms with van der Waals surface area (Å²) < 4.78 is 15.9. The van der Waals surface area contributed by atoms with E-state index in [1.807, 2.05) is 0 Å². The number of nitrogens with zero attached hydrogens (tertiary/aromatic N) is 2. The highest BCUT2D eigenvalue weighted by molar-refractivity contribution is 5.89. The normalized spacial score (nSPS) is 20.4. The summed E-state index contributed by atoms with van der Waals surface area (Å²) in [6.45, 7) is 2.65. The Balaban J connectivity index is 2.03. The summed E-state index contributed by atoms with van der Waals surface area (Å²) in [6, 6.07) is 1.45. The summed E-state index contributed by atoms with van der Waals surface area (Å²) in [6.07, 6.45) is 3.03. The minimum atomic E-state index is -1.30. The average molecular weight is 346 g/mol. The van der Waals surface area contributed by atoms with Crippen LogP contribution in [0.2, 0.25) is 0 Å². The zero-order valence-corrected chi connectivity index (χ0v) is 13.8. The number of carbonyl (C=O) groups is 1. The third-order valence-corrected chi connectivity index (χ3v) is 5.17. The van der Waals surface area contributed by atoms with Crippen molar-refractivity contribution in [3.63, 3.8) is 0 Å². The van der Waals surface area contributed by atoms with E-state index in [2.05, 4.69) is 0 Å². The maximum absolute atomic E-state index is 14.8. The van der Waals surface area contributed by atoms with Gasteiger partial charge in [0.1, 0.15) is 5.56 Å². The molecule has 1 saturated carbocycles. The van der Waals surface area contributed by atoms with Crippen LogP contribution in [0.1, 0.15) is 46.7 Å². The van der Waals surface area contributed by atoms with Crippen molar-refractivity contribution >= 4 is 17.2 Å². The Morgan fingerprint density at radius 2 is 2.04 bits per heavy atom. The number of anilines is 1. The molecule has 1 aliphatic carbocycles. The van der Waals surface area contributed by atoms with Crippen molar-refractivity contribution in [2.24, 2.45) is 0 Å². The van der Waals surface area contributed by atoms with Crippen molar-refractivity contribution in [2.75, 3.05) is 18.0 Å². The number of hydrogen-bond acceptors (Lipinski definition) is 4. The molecule has 1 unspecified atom stereocenters. The molecule has 2 N–H and O–H groups in total. The predicted octanol–water partition coefficient (Wildman–Crippen LogP) is 1.89. The summed E-state index contributed by atoms with van der Waals surface area (Å²) in [5.74, 6) is -1.67. The van der Waals surface area contributed by atoms with Gasteiger partial charge in [0.2, 0.25) is 0 Å². The molecule has 0 spiro atoms. The van der Waals surface area contributed by atoms with Crippen LogP contribution < -0.4 is 10.5 Å². The van der Waals surface area contributed by atoms with E-state index >= 15 is 0 Å². The van der Waals surface area contributed by atoms with Gasteiger partial charge >= 0.3 is 5.97 Å². The first-order chi connectivity index (χ1) is 11.9. The van der Waals surface area contributed by atoms with E-state index in [-0.39, 0.29) is 11.5 Å². The standard InChI is InChI=1S/C18H19FN2O4/c1-9-15-12(10-2-3-10)6-13(18(24)25)17(23)21(15)8-14(19)16(9)20-5-4-11(22)7-20/h6,8,10-11,22H,2-5,7H2,1H3,(H,24,25). The summed E-state index contributed by atoms with van der Waals surface area (Å²) in [7, 11) is 0. The molecule has 2 aromatic rings. The van der Waals surface area contributed by atoms with Gasteiger partial charge in [-0.3, -0.25) is 9.20 Å². The minimum Gasteiger partial charge on any atom is -0.477 e. The highest BCUT2D eigenvalue weighted by Gasteiger charge is 2.31. The van der Waals surface area contributed by atoms with E-state index < -0.39 is 23.4 Å². The fourth-order valence-electron chi connectivity index (χ4n) is 3.83. The second kappa shape index (κ2) is 5.56. The first kappa shape index (κ1) is 16.1. The number of rotatable bonds is 3. The maximum Gasteiger partial charge on any atom is 0.341 e. The summed E-state index contributed by atoms with van der Waals surface area (Å²) >= 11 is 0. The van der Waals surface area contributed by atoms with Gasteiger partial charge in [-0.05, 0) is 49.3 Å². The number of aromatic nitrogens is 1. The van der Waals surface area contributed by atoms with E-state index in [9.17, 15) is 24.2 Å². The number of aromatic carboxylic acids is 1. The lowest BCUT2D eigenvalue weighted by molar-refractivity contribution is 0.0694. The molecule has 4 rings (SSSR count). The van der Waals surface area contributed by atoms with Gasteiger partial charge in [-0.25, -0.2) is 9.18 Å². The lowest BCUT2D eigenvalue weighted by Gasteiger charge is -2.23. The lowest BCUT2D eigenvalue weighted by Crippen LogP contribution is -2.27. The van der Waals surface area contributed by atoms with Crippen LogP contribution in [-0.4, -0.2) is 39.8 Å². The quantitative estimate of drug-likeness (QED) is 0.887. The number of fused-ring (bicyclic) bond motifs is 1. The molecule has 7 heteroatoms. The zero-order valence-electron chi connectivity index (χ0n) is 13.8. The van der Waals surface area contributed by atoms with Crippen LogP contribution in [0.4, 0.5) is 10.1 Å². The molecular weight excluding hydrogens is 327 g/mol. The Morgan fingerprint density at radius 3 is 2.60 bits per heavy atom. The number of halogens is 1. The first-order valence-corrected chi connectivity index (χ1v) is 8.43. The smallest absolute Gasteiger partial charge is 0.341 e. The third kappa shape index (κ3) is 2.50. The Morgan fingerprint density at radius 1 is 1.32 bits per heavy atom. The molecule has 25 heavy (non-hydrogen) atoms. The van der Waals surface area contributed by atoms with Gasteiger partial charge in [0.25, 0.3) is 5.56 Å². The van der Waals surface area contributed by atoms with Crippen LogP contribution in [-0.2, 0) is 0 Å². The summed E-state index contributed by atoms with van der Waals surface area (Å²) in [5, 5.41) is 19.1. The molecular formula is C18H19FN2O4. The fourth-order valence-corrected chi connectivity index (χ4v) is 3.83. The van der Waals surface area contributed by atoms with Crippen molar-refractivity contribution in [1.29, 1.82) is 0 Å². The van der Waals surface area contributed by atoms with Gasteiger partial charge < -0.3 is 15.1 Å². The molecule has 2 fully saturated rings.